The second kappa shape index (κ2) is 6.78. The molecule has 0 unspecified atom stereocenters. The first-order chi connectivity index (χ1) is 9.29. The molecule has 0 atom stereocenters. The fourth-order valence-electron chi connectivity index (χ4n) is 1.50. The van der Waals surface area contributed by atoms with Gasteiger partial charge in [0.05, 0.1) is 16.7 Å². The van der Waals surface area contributed by atoms with Crippen molar-refractivity contribution in [2.45, 2.75) is 6.42 Å². The molecule has 0 aliphatic rings. The van der Waals surface area contributed by atoms with Crippen molar-refractivity contribution >= 4 is 17.2 Å². The Morgan fingerprint density at radius 1 is 1.53 bits per heavy atom. The molecular formula is C14H13NO3S. The topological polar surface area (TPSA) is 62.5 Å². The zero-order valence-electron chi connectivity index (χ0n) is 10.2. The number of carbonyl (C=O) groups is 1. The van der Waals surface area contributed by atoms with Gasteiger partial charge in [-0.2, -0.15) is 0 Å². The van der Waals surface area contributed by atoms with Crippen LogP contribution in [0, 0.1) is 11.8 Å². The van der Waals surface area contributed by atoms with Crippen molar-refractivity contribution in [2.75, 3.05) is 13.2 Å². The van der Waals surface area contributed by atoms with Gasteiger partial charge < -0.3 is 14.8 Å². The third-order valence-electron chi connectivity index (χ3n) is 2.39. The van der Waals surface area contributed by atoms with Crippen molar-refractivity contribution in [1.82, 2.24) is 5.32 Å². The molecule has 0 bridgehead atoms. The van der Waals surface area contributed by atoms with Gasteiger partial charge in [-0.25, -0.2) is 0 Å². The molecule has 0 radical (unpaired) electrons. The van der Waals surface area contributed by atoms with E-state index >= 15 is 0 Å². The fraction of sp³-hybridized carbons (Fsp3) is 0.214. The van der Waals surface area contributed by atoms with Crippen molar-refractivity contribution in [2.24, 2.45) is 0 Å². The number of aliphatic hydroxyl groups excluding tert-OH is 1. The van der Waals surface area contributed by atoms with Crippen LogP contribution in [0.4, 0.5) is 0 Å². The molecule has 2 N–H and O–H groups in total. The number of furan rings is 1. The van der Waals surface area contributed by atoms with Crippen LogP contribution >= 0.6 is 11.3 Å². The van der Waals surface area contributed by atoms with Crippen LogP contribution in [0.2, 0.25) is 0 Å². The minimum Gasteiger partial charge on any atom is -0.469 e. The molecule has 0 spiro atoms. The smallest absolute Gasteiger partial charge is 0.252 e. The molecule has 5 heteroatoms. The highest BCUT2D eigenvalue weighted by Gasteiger charge is 2.07. The molecule has 2 heterocycles. The predicted molar refractivity (Wildman–Crippen MR) is 73.0 cm³/mol. The van der Waals surface area contributed by atoms with Crippen LogP contribution < -0.4 is 5.32 Å². The number of hydrogen-bond acceptors (Lipinski definition) is 4. The number of aliphatic hydroxyl groups is 1. The van der Waals surface area contributed by atoms with Gasteiger partial charge in [0.15, 0.2) is 0 Å². The van der Waals surface area contributed by atoms with Crippen LogP contribution in [0.15, 0.2) is 34.3 Å². The van der Waals surface area contributed by atoms with Gasteiger partial charge in [-0.1, -0.05) is 11.8 Å². The largest absolute Gasteiger partial charge is 0.469 e. The normalized spacial score (nSPS) is 9.74. The Morgan fingerprint density at radius 3 is 3.16 bits per heavy atom. The van der Waals surface area contributed by atoms with E-state index in [1.165, 1.54) is 11.3 Å². The minimum absolute atomic E-state index is 0.125. The number of thiophene rings is 1. The Kier molecular flexibility index (Phi) is 4.78. The molecule has 0 fully saturated rings. The lowest BCUT2D eigenvalue weighted by molar-refractivity contribution is 0.0954. The standard InChI is InChI=1S/C14H13NO3S/c16-7-1-4-13-9-11(10-19-13)14(17)15-6-5-12-3-2-8-18-12/h2-3,8-10,16H,5-7H2,(H,15,17). The lowest BCUT2D eigenvalue weighted by Gasteiger charge is -2.01. The minimum atomic E-state index is -0.178. The molecule has 2 aromatic heterocycles. The third kappa shape index (κ3) is 3.98. The van der Waals surface area contributed by atoms with E-state index in [1.54, 1.807) is 17.7 Å². The van der Waals surface area contributed by atoms with Gasteiger partial charge in [0.25, 0.3) is 5.91 Å². The lowest BCUT2D eigenvalue weighted by Crippen LogP contribution is -2.25. The summed E-state index contributed by atoms with van der Waals surface area (Å²) in [4.78, 5) is 12.6. The summed E-state index contributed by atoms with van der Waals surface area (Å²) >= 11 is 1.38. The van der Waals surface area contributed by atoms with E-state index in [4.69, 9.17) is 9.52 Å². The van der Waals surface area contributed by atoms with E-state index < -0.39 is 0 Å². The zero-order valence-corrected chi connectivity index (χ0v) is 11.0. The molecule has 4 nitrogen and oxygen atoms in total. The van der Waals surface area contributed by atoms with Crippen molar-refractivity contribution in [3.05, 3.63) is 46.0 Å². The van der Waals surface area contributed by atoms with E-state index in [0.29, 0.717) is 18.5 Å². The number of amides is 1. The van der Waals surface area contributed by atoms with Crippen molar-refractivity contribution in [3.8, 4) is 11.8 Å². The van der Waals surface area contributed by atoms with Crippen LogP contribution in [0.3, 0.4) is 0 Å². The maximum atomic E-state index is 11.8. The molecule has 0 saturated heterocycles. The molecule has 0 aromatic carbocycles. The fourth-order valence-corrected chi connectivity index (χ4v) is 2.26. The maximum absolute atomic E-state index is 11.8. The van der Waals surface area contributed by atoms with Crippen LogP contribution in [-0.4, -0.2) is 24.2 Å². The average molecular weight is 275 g/mol. The first-order valence-corrected chi connectivity index (χ1v) is 6.66. The molecule has 1 amide bonds. The highest BCUT2D eigenvalue weighted by Crippen LogP contribution is 2.13. The molecule has 2 aromatic rings. The molecular weight excluding hydrogens is 262 g/mol. The van der Waals surface area contributed by atoms with Crippen LogP contribution in [-0.2, 0) is 6.42 Å². The molecule has 98 valence electrons. The second-order valence-electron chi connectivity index (χ2n) is 3.74. The number of nitrogens with one attached hydrogen (secondary N) is 1. The first-order valence-electron chi connectivity index (χ1n) is 5.78. The summed E-state index contributed by atoms with van der Waals surface area (Å²) in [7, 11) is 0. The van der Waals surface area contributed by atoms with E-state index in [2.05, 4.69) is 17.2 Å². The van der Waals surface area contributed by atoms with Gasteiger partial charge in [0.1, 0.15) is 12.4 Å². The third-order valence-corrected chi connectivity index (χ3v) is 3.23. The van der Waals surface area contributed by atoms with E-state index in [9.17, 15) is 4.79 Å². The van der Waals surface area contributed by atoms with Crippen molar-refractivity contribution < 1.29 is 14.3 Å². The first kappa shape index (κ1) is 13.4. The Hall–Kier alpha value is -2.03. The zero-order chi connectivity index (χ0) is 13.5. The molecule has 0 aliphatic heterocycles. The highest BCUT2D eigenvalue weighted by atomic mass is 32.1. The molecule has 2 rings (SSSR count). The molecule has 0 aliphatic carbocycles. The summed E-state index contributed by atoms with van der Waals surface area (Å²) in [6.07, 6.45) is 2.28. The van der Waals surface area contributed by atoms with Crippen molar-refractivity contribution in [3.63, 3.8) is 0 Å². The van der Waals surface area contributed by atoms with Gasteiger partial charge in [-0.05, 0) is 18.2 Å². The Morgan fingerprint density at radius 2 is 2.42 bits per heavy atom. The van der Waals surface area contributed by atoms with E-state index in [0.717, 1.165) is 10.6 Å². The number of rotatable bonds is 4. The number of hydrogen-bond donors (Lipinski definition) is 2. The lowest BCUT2D eigenvalue weighted by atomic mass is 10.2. The highest BCUT2D eigenvalue weighted by molar-refractivity contribution is 7.10. The van der Waals surface area contributed by atoms with Gasteiger partial charge in [-0.3, -0.25) is 4.79 Å². The SMILES string of the molecule is O=C(NCCc1ccco1)c1csc(C#CCO)c1. The predicted octanol–water partition coefficient (Wildman–Crippen LogP) is 1.66. The Labute approximate surface area is 115 Å². The van der Waals surface area contributed by atoms with Crippen LogP contribution in [0.1, 0.15) is 21.0 Å². The average Bonchev–Trinajstić information content (AvgIpc) is 3.07. The van der Waals surface area contributed by atoms with E-state index in [1.807, 2.05) is 12.1 Å². The van der Waals surface area contributed by atoms with Crippen LogP contribution in [0.5, 0.6) is 0 Å². The summed E-state index contributed by atoms with van der Waals surface area (Å²) in [5.41, 5.74) is 0.590. The second-order valence-corrected chi connectivity index (χ2v) is 4.66. The summed E-state index contributed by atoms with van der Waals surface area (Å²) in [5.74, 6) is 6.04. The maximum Gasteiger partial charge on any atom is 0.252 e. The van der Waals surface area contributed by atoms with Crippen molar-refractivity contribution in [1.29, 1.82) is 0 Å². The van der Waals surface area contributed by atoms with Gasteiger partial charge in [-0.15, -0.1) is 11.3 Å². The summed E-state index contributed by atoms with van der Waals surface area (Å²) < 4.78 is 5.18. The van der Waals surface area contributed by atoms with Gasteiger partial charge >= 0.3 is 0 Å². The molecule has 19 heavy (non-hydrogen) atoms. The Balaban J connectivity index is 1.84. The van der Waals surface area contributed by atoms with Crippen LogP contribution in [0.25, 0.3) is 0 Å². The Bertz CT molecular complexity index is 590. The van der Waals surface area contributed by atoms with Gasteiger partial charge in [0, 0.05) is 18.3 Å². The summed E-state index contributed by atoms with van der Waals surface area (Å²) in [5, 5.41) is 13.2. The quantitative estimate of drug-likeness (QED) is 0.834. The number of carbonyl (C=O) groups excluding carboxylic acids is 1. The van der Waals surface area contributed by atoms with E-state index in [-0.39, 0.29) is 12.5 Å². The summed E-state index contributed by atoms with van der Waals surface area (Å²) in [6, 6.07) is 5.41. The van der Waals surface area contributed by atoms with Gasteiger partial charge in [0.2, 0.25) is 0 Å². The monoisotopic (exact) mass is 275 g/mol. The molecule has 0 saturated carbocycles. The summed E-state index contributed by atoms with van der Waals surface area (Å²) in [6.45, 7) is 0.350.